The van der Waals surface area contributed by atoms with Gasteiger partial charge in [0.05, 0.1) is 6.10 Å². The van der Waals surface area contributed by atoms with Gasteiger partial charge in [-0.15, -0.1) is 0 Å². The third-order valence-corrected chi connectivity index (χ3v) is 1.97. The van der Waals surface area contributed by atoms with Gasteiger partial charge in [-0.05, 0) is 19.9 Å². The first kappa shape index (κ1) is 12.7. The number of hydrogen-bond donors (Lipinski definition) is 4. The molecule has 0 spiro atoms. The van der Waals surface area contributed by atoms with E-state index in [-0.39, 0.29) is 12.0 Å². The van der Waals surface area contributed by atoms with Crippen LogP contribution < -0.4 is 10.6 Å². The fourth-order valence-corrected chi connectivity index (χ4v) is 1.20. The zero-order valence-corrected chi connectivity index (χ0v) is 9.58. The lowest BCUT2D eigenvalue weighted by atomic mass is 10.3. The van der Waals surface area contributed by atoms with Gasteiger partial charge in [0.15, 0.2) is 0 Å². The maximum atomic E-state index is 11.5. The van der Waals surface area contributed by atoms with E-state index >= 15 is 0 Å². The average Bonchev–Trinajstić information content (AvgIpc) is 2.63. The van der Waals surface area contributed by atoms with Crippen LogP contribution in [0.2, 0.25) is 0 Å². The molecule has 4 N–H and O–H groups in total. The number of aliphatic hydroxyl groups excluding tert-OH is 1. The maximum absolute atomic E-state index is 11.5. The molecule has 0 aromatic carbocycles. The zero-order chi connectivity index (χ0) is 12.0. The quantitative estimate of drug-likeness (QED) is 0.488. The van der Waals surface area contributed by atoms with Crippen LogP contribution in [0, 0.1) is 6.92 Å². The van der Waals surface area contributed by atoms with Crippen LogP contribution in [0.3, 0.4) is 0 Å². The van der Waals surface area contributed by atoms with Crippen LogP contribution in [0.4, 0.5) is 0 Å². The van der Waals surface area contributed by atoms with E-state index in [0.717, 1.165) is 5.69 Å². The second-order valence-corrected chi connectivity index (χ2v) is 3.75. The van der Waals surface area contributed by atoms with Crippen molar-refractivity contribution < 1.29 is 9.90 Å². The van der Waals surface area contributed by atoms with Gasteiger partial charge in [0, 0.05) is 25.3 Å². The topological polar surface area (TPSA) is 90.0 Å². The number of aryl methyl sites for hydroxylation is 1. The first-order valence-electron chi connectivity index (χ1n) is 5.28. The lowest BCUT2D eigenvalue weighted by molar-refractivity contribution is 0.0948. The predicted octanol–water partition coefficient (Wildman–Crippen LogP) is -0.582. The Morgan fingerprint density at radius 1 is 1.62 bits per heavy atom. The number of hydrogen-bond acceptors (Lipinski definition) is 4. The number of nitrogens with zero attached hydrogens (tertiary/aromatic N) is 1. The highest BCUT2D eigenvalue weighted by Crippen LogP contribution is 1.96. The molecule has 1 rings (SSSR count). The van der Waals surface area contributed by atoms with Gasteiger partial charge in [0.25, 0.3) is 5.91 Å². The summed E-state index contributed by atoms with van der Waals surface area (Å²) in [6, 6.07) is 1.69. The van der Waals surface area contributed by atoms with Crippen molar-refractivity contribution in [1.29, 1.82) is 0 Å². The van der Waals surface area contributed by atoms with Crippen molar-refractivity contribution >= 4 is 5.91 Å². The first-order valence-corrected chi connectivity index (χ1v) is 5.28. The number of aromatic amines is 1. The van der Waals surface area contributed by atoms with Crippen molar-refractivity contribution in [2.75, 3.05) is 19.6 Å². The molecule has 0 aliphatic carbocycles. The molecule has 6 heteroatoms. The molecule has 1 heterocycles. The van der Waals surface area contributed by atoms with Crippen LogP contribution in [0.25, 0.3) is 0 Å². The molecule has 1 aromatic heterocycles. The van der Waals surface area contributed by atoms with Crippen molar-refractivity contribution in [3.63, 3.8) is 0 Å². The second-order valence-electron chi connectivity index (χ2n) is 3.75. The molecule has 90 valence electrons. The molecule has 0 aliphatic heterocycles. The first-order chi connectivity index (χ1) is 7.59. The van der Waals surface area contributed by atoms with Crippen molar-refractivity contribution in [2.24, 2.45) is 0 Å². The molecular weight excluding hydrogens is 208 g/mol. The normalized spacial score (nSPS) is 12.4. The van der Waals surface area contributed by atoms with E-state index < -0.39 is 0 Å². The highest BCUT2D eigenvalue weighted by atomic mass is 16.3. The summed E-state index contributed by atoms with van der Waals surface area (Å²) in [7, 11) is 0. The molecule has 0 aliphatic rings. The smallest absolute Gasteiger partial charge is 0.271 e. The number of rotatable bonds is 6. The Hall–Kier alpha value is -1.40. The van der Waals surface area contributed by atoms with Crippen LogP contribution >= 0.6 is 0 Å². The summed E-state index contributed by atoms with van der Waals surface area (Å²) in [6.45, 7) is 5.21. The Kier molecular flexibility index (Phi) is 4.94. The monoisotopic (exact) mass is 226 g/mol. The highest BCUT2D eigenvalue weighted by Gasteiger charge is 2.07. The van der Waals surface area contributed by atoms with E-state index in [1.54, 1.807) is 13.0 Å². The fraction of sp³-hybridized carbons (Fsp3) is 0.600. The van der Waals surface area contributed by atoms with Gasteiger partial charge in [-0.25, -0.2) is 0 Å². The molecule has 0 radical (unpaired) electrons. The number of nitrogens with one attached hydrogen (secondary N) is 3. The van der Waals surface area contributed by atoms with E-state index in [0.29, 0.717) is 25.3 Å². The summed E-state index contributed by atoms with van der Waals surface area (Å²) in [5, 5.41) is 21.3. The molecule has 6 nitrogen and oxygen atoms in total. The second kappa shape index (κ2) is 6.24. The Morgan fingerprint density at radius 2 is 2.38 bits per heavy atom. The van der Waals surface area contributed by atoms with Crippen molar-refractivity contribution in [3.05, 3.63) is 17.5 Å². The van der Waals surface area contributed by atoms with Gasteiger partial charge in [0.1, 0.15) is 5.69 Å². The lowest BCUT2D eigenvalue weighted by Gasteiger charge is -2.07. The summed E-state index contributed by atoms with van der Waals surface area (Å²) < 4.78 is 0. The molecule has 16 heavy (non-hydrogen) atoms. The van der Waals surface area contributed by atoms with Crippen LogP contribution in [0.5, 0.6) is 0 Å². The lowest BCUT2D eigenvalue weighted by Crippen LogP contribution is -2.34. The van der Waals surface area contributed by atoms with Gasteiger partial charge >= 0.3 is 0 Å². The Labute approximate surface area is 94.4 Å². The van der Waals surface area contributed by atoms with Gasteiger partial charge in [-0.1, -0.05) is 0 Å². The Bertz CT molecular complexity index is 335. The number of aromatic nitrogens is 2. The van der Waals surface area contributed by atoms with Gasteiger partial charge in [-0.3, -0.25) is 9.89 Å². The molecule has 0 saturated carbocycles. The number of aliphatic hydroxyl groups is 1. The minimum atomic E-state index is -0.371. The van der Waals surface area contributed by atoms with E-state index in [9.17, 15) is 4.79 Å². The SMILES string of the molecule is Cc1cc(C(=O)NCCNCC(C)O)n[nH]1. The summed E-state index contributed by atoms with van der Waals surface area (Å²) in [6.07, 6.45) is -0.371. The standard InChI is InChI=1S/C10H18N4O2/c1-7-5-9(14-13-7)10(16)12-4-3-11-6-8(2)15/h5,8,11,15H,3-4,6H2,1-2H3,(H,12,16)(H,13,14). The van der Waals surface area contributed by atoms with Gasteiger partial charge in [-0.2, -0.15) is 5.10 Å². The number of H-pyrrole nitrogens is 1. The van der Waals surface area contributed by atoms with Crippen molar-refractivity contribution in [3.8, 4) is 0 Å². The molecule has 0 bridgehead atoms. The van der Waals surface area contributed by atoms with Crippen LogP contribution in [0.15, 0.2) is 6.07 Å². The molecule has 1 unspecified atom stereocenters. The third kappa shape index (κ3) is 4.41. The minimum absolute atomic E-state index is 0.191. The Morgan fingerprint density at radius 3 is 2.94 bits per heavy atom. The molecular formula is C10H18N4O2. The van der Waals surface area contributed by atoms with E-state index in [1.165, 1.54) is 0 Å². The number of carbonyl (C=O) groups excluding carboxylic acids is 1. The van der Waals surface area contributed by atoms with E-state index in [2.05, 4.69) is 20.8 Å². The van der Waals surface area contributed by atoms with E-state index in [1.807, 2.05) is 6.92 Å². The molecule has 0 fully saturated rings. The third-order valence-electron chi connectivity index (χ3n) is 1.97. The van der Waals surface area contributed by atoms with Crippen LogP contribution in [-0.2, 0) is 0 Å². The highest BCUT2D eigenvalue weighted by molar-refractivity contribution is 5.92. The van der Waals surface area contributed by atoms with Gasteiger partial charge < -0.3 is 15.7 Å². The van der Waals surface area contributed by atoms with Crippen LogP contribution in [-0.4, -0.2) is 46.9 Å². The Balaban J connectivity index is 2.16. The summed E-state index contributed by atoms with van der Waals surface area (Å²) in [5.74, 6) is -0.191. The predicted molar refractivity (Wildman–Crippen MR) is 60.2 cm³/mol. The summed E-state index contributed by atoms with van der Waals surface area (Å²) >= 11 is 0. The summed E-state index contributed by atoms with van der Waals surface area (Å²) in [4.78, 5) is 11.5. The largest absolute Gasteiger partial charge is 0.392 e. The van der Waals surface area contributed by atoms with Crippen molar-refractivity contribution in [2.45, 2.75) is 20.0 Å². The number of carbonyl (C=O) groups is 1. The molecule has 0 saturated heterocycles. The molecule has 1 aromatic rings. The number of amides is 1. The maximum Gasteiger partial charge on any atom is 0.271 e. The average molecular weight is 226 g/mol. The van der Waals surface area contributed by atoms with Crippen molar-refractivity contribution in [1.82, 2.24) is 20.8 Å². The zero-order valence-electron chi connectivity index (χ0n) is 9.58. The van der Waals surface area contributed by atoms with Crippen LogP contribution in [0.1, 0.15) is 23.1 Å². The molecule has 1 amide bonds. The molecule has 1 atom stereocenters. The fourth-order valence-electron chi connectivity index (χ4n) is 1.20. The van der Waals surface area contributed by atoms with E-state index in [4.69, 9.17) is 5.11 Å². The van der Waals surface area contributed by atoms with Gasteiger partial charge in [0.2, 0.25) is 0 Å². The minimum Gasteiger partial charge on any atom is -0.392 e. The summed E-state index contributed by atoms with van der Waals surface area (Å²) in [5.41, 5.74) is 1.26.